The number of pyridine rings is 1. The van der Waals surface area contributed by atoms with Crippen molar-refractivity contribution >= 4 is 26.8 Å². The molecule has 4 aromatic rings. The van der Waals surface area contributed by atoms with Crippen molar-refractivity contribution in [2.45, 2.75) is 42.5 Å². The van der Waals surface area contributed by atoms with Gasteiger partial charge >= 0.3 is 0 Å². The molecular formula is C31H34N4O5S. The molecular weight excluding hydrogens is 540 g/mol. The van der Waals surface area contributed by atoms with Gasteiger partial charge < -0.3 is 19.7 Å². The number of amides is 1. The number of hydrogen-bond donors (Lipinski definition) is 2. The molecule has 4 heterocycles. The van der Waals surface area contributed by atoms with Gasteiger partial charge in [0.1, 0.15) is 5.75 Å². The van der Waals surface area contributed by atoms with Crippen molar-refractivity contribution < 1.29 is 23.1 Å². The number of ether oxygens (including phenoxy) is 1. The Labute approximate surface area is 239 Å². The number of nitrogens with zero attached hydrogens (tertiary/aromatic N) is 3. The number of aliphatic hydroxyl groups excluding tert-OH is 1. The molecule has 9 nitrogen and oxygen atoms in total. The number of hydrogen-bond acceptors (Lipinski definition) is 6. The van der Waals surface area contributed by atoms with Crippen LogP contribution in [0.15, 0.2) is 71.9 Å². The number of aliphatic hydroxyl groups is 1. The molecule has 2 N–H and O–H groups in total. The lowest BCUT2D eigenvalue weighted by Gasteiger charge is -2.49. The van der Waals surface area contributed by atoms with Crippen LogP contribution in [-0.2, 0) is 26.7 Å². The van der Waals surface area contributed by atoms with E-state index in [9.17, 15) is 18.3 Å². The first-order valence-electron chi connectivity index (χ1n) is 13.8. The molecule has 10 heteroatoms. The number of H-pyrrole nitrogens is 1. The number of carbonyl (C=O) groups excluding carboxylic acids is 1. The largest absolute Gasteiger partial charge is 0.497 e. The number of methoxy groups -OCH3 is 1. The zero-order valence-corrected chi connectivity index (χ0v) is 24.0. The second kappa shape index (κ2) is 10.6. The Bertz CT molecular complexity index is 1680. The maximum absolute atomic E-state index is 14.1. The highest BCUT2D eigenvalue weighted by molar-refractivity contribution is 7.89. The van der Waals surface area contributed by atoms with Crippen LogP contribution in [-0.4, -0.2) is 72.0 Å². The Morgan fingerprint density at radius 2 is 1.90 bits per heavy atom. The molecule has 2 aromatic carbocycles. The summed E-state index contributed by atoms with van der Waals surface area (Å²) in [6.45, 7) is 2.77. The van der Waals surface area contributed by atoms with Gasteiger partial charge in [-0.05, 0) is 61.2 Å². The molecule has 0 aliphatic carbocycles. The Morgan fingerprint density at radius 3 is 2.56 bits per heavy atom. The summed E-state index contributed by atoms with van der Waals surface area (Å²) in [6.07, 6.45) is 4.86. The van der Waals surface area contributed by atoms with Crippen LogP contribution in [0.1, 0.15) is 41.3 Å². The summed E-state index contributed by atoms with van der Waals surface area (Å²) < 4.78 is 35.1. The molecule has 1 amide bonds. The molecule has 0 saturated carbocycles. The molecule has 1 saturated heterocycles. The zero-order chi connectivity index (χ0) is 28.8. The van der Waals surface area contributed by atoms with E-state index < -0.39 is 21.5 Å². The zero-order valence-electron chi connectivity index (χ0n) is 23.2. The smallest absolute Gasteiger partial charge is 0.243 e. The molecule has 1 spiro atoms. The van der Waals surface area contributed by atoms with Gasteiger partial charge in [0.15, 0.2) is 0 Å². The van der Waals surface area contributed by atoms with Crippen LogP contribution in [0, 0.1) is 6.92 Å². The molecule has 0 bridgehead atoms. The van der Waals surface area contributed by atoms with Gasteiger partial charge in [-0.3, -0.25) is 9.78 Å². The van der Waals surface area contributed by atoms with Crippen LogP contribution >= 0.6 is 0 Å². The van der Waals surface area contributed by atoms with Gasteiger partial charge in [0.25, 0.3) is 0 Å². The molecule has 1 atom stereocenters. The minimum Gasteiger partial charge on any atom is -0.497 e. The Hall–Kier alpha value is -3.73. The summed E-state index contributed by atoms with van der Waals surface area (Å²) in [4.78, 5) is 22.8. The summed E-state index contributed by atoms with van der Waals surface area (Å²) in [5, 5.41) is 11.6. The Kier molecular flexibility index (Phi) is 7.09. The summed E-state index contributed by atoms with van der Waals surface area (Å²) in [7, 11) is -2.33. The molecule has 214 valence electrons. The molecule has 6 rings (SSSR count). The van der Waals surface area contributed by atoms with Gasteiger partial charge in [-0.1, -0.05) is 23.8 Å². The van der Waals surface area contributed by atoms with E-state index >= 15 is 0 Å². The van der Waals surface area contributed by atoms with E-state index in [0.717, 1.165) is 27.6 Å². The van der Waals surface area contributed by atoms with Crippen molar-refractivity contribution in [3.8, 4) is 5.75 Å². The third kappa shape index (κ3) is 4.79. The summed E-state index contributed by atoms with van der Waals surface area (Å²) in [5.74, 6) is 0.718. The highest BCUT2D eigenvalue weighted by atomic mass is 32.2. The molecule has 2 aromatic heterocycles. The SMILES string of the molecule is COc1ccc2c3c([nH]c2c1)[C@@H](CO)N(S(=O)(=O)c1ccc(C)cc1)CC31CCN(C(=O)Cc2cccnc2)CC1. The van der Waals surface area contributed by atoms with E-state index in [2.05, 4.69) is 9.97 Å². The number of carbonyl (C=O) groups is 1. The lowest BCUT2D eigenvalue weighted by molar-refractivity contribution is -0.132. The summed E-state index contributed by atoms with van der Waals surface area (Å²) in [5.41, 5.74) is 3.85. The third-order valence-corrected chi connectivity index (χ3v) is 10.5. The van der Waals surface area contributed by atoms with Gasteiger partial charge in [0, 0.05) is 60.1 Å². The number of aromatic amines is 1. The highest BCUT2D eigenvalue weighted by Crippen LogP contribution is 2.50. The number of aromatic nitrogens is 2. The lowest BCUT2D eigenvalue weighted by atomic mass is 9.69. The maximum Gasteiger partial charge on any atom is 0.243 e. The average molecular weight is 575 g/mol. The minimum atomic E-state index is -3.94. The van der Waals surface area contributed by atoms with Crippen LogP contribution in [0.5, 0.6) is 5.75 Å². The monoisotopic (exact) mass is 574 g/mol. The van der Waals surface area contributed by atoms with Crippen LogP contribution in [0.2, 0.25) is 0 Å². The molecule has 0 unspecified atom stereocenters. The number of benzene rings is 2. The predicted molar refractivity (Wildman–Crippen MR) is 155 cm³/mol. The normalized spacial score (nSPS) is 18.9. The number of aryl methyl sites for hydroxylation is 1. The Morgan fingerprint density at radius 1 is 1.15 bits per heavy atom. The van der Waals surface area contributed by atoms with Crippen molar-refractivity contribution in [2.75, 3.05) is 33.4 Å². The fraction of sp³-hybridized carbons (Fsp3) is 0.355. The molecule has 1 fully saturated rings. The molecule has 2 aliphatic rings. The van der Waals surface area contributed by atoms with Crippen LogP contribution < -0.4 is 4.74 Å². The van der Waals surface area contributed by atoms with E-state index in [-0.39, 0.29) is 30.4 Å². The second-order valence-corrected chi connectivity index (χ2v) is 13.0. The van der Waals surface area contributed by atoms with Crippen molar-refractivity contribution in [3.63, 3.8) is 0 Å². The quantitative estimate of drug-likeness (QED) is 0.363. The topological polar surface area (TPSA) is 116 Å². The number of piperidine rings is 1. The number of sulfonamides is 1. The number of likely N-dealkylation sites (tertiary alicyclic amines) is 1. The summed E-state index contributed by atoms with van der Waals surface area (Å²) in [6, 6.07) is 15.6. The minimum absolute atomic E-state index is 0.0323. The van der Waals surface area contributed by atoms with E-state index in [1.54, 1.807) is 43.8 Å². The fourth-order valence-electron chi connectivity index (χ4n) is 6.44. The van der Waals surface area contributed by atoms with Gasteiger partial charge in [-0.2, -0.15) is 4.31 Å². The first kappa shape index (κ1) is 27.4. The van der Waals surface area contributed by atoms with Crippen LogP contribution in [0.25, 0.3) is 10.9 Å². The van der Waals surface area contributed by atoms with E-state index in [0.29, 0.717) is 37.4 Å². The predicted octanol–water partition coefficient (Wildman–Crippen LogP) is 3.72. The van der Waals surface area contributed by atoms with Crippen molar-refractivity contribution in [3.05, 3.63) is 89.4 Å². The van der Waals surface area contributed by atoms with E-state index in [1.807, 2.05) is 42.2 Å². The maximum atomic E-state index is 14.1. The average Bonchev–Trinajstić information content (AvgIpc) is 3.38. The van der Waals surface area contributed by atoms with Crippen molar-refractivity contribution in [1.29, 1.82) is 0 Å². The molecule has 0 radical (unpaired) electrons. The van der Waals surface area contributed by atoms with Gasteiger partial charge in [-0.25, -0.2) is 8.42 Å². The molecule has 2 aliphatic heterocycles. The van der Waals surface area contributed by atoms with Gasteiger partial charge in [0.2, 0.25) is 15.9 Å². The highest BCUT2D eigenvalue weighted by Gasteiger charge is 2.51. The first-order valence-corrected chi connectivity index (χ1v) is 15.3. The van der Waals surface area contributed by atoms with Gasteiger partial charge in [0.05, 0.1) is 31.1 Å². The van der Waals surface area contributed by atoms with E-state index in [1.165, 1.54) is 4.31 Å². The third-order valence-electron chi connectivity index (χ3n) is 8.66. The van der Waals surface area contributed by atoms with Crippen molar-refractivity contribution in [2.24, 2.45) is 0 Å². The summed E-state index contributed by atoms with van der Waals surface area (Å²) >= 11 is 0. The lowest BCUT2D eigenvalue weighted by Crippen LogP contribution is -2.55. The van der Waals surface area contributed by atoms with Crippen LogP contribution in [0.4, 0.5) is 0 Å². The number of rotatable bonds is 6. The second-order valence-electron chi connectivity index (χ2n) is 11.1. The van der Waals surface area contributed by atoms with Crippen molar-refractivity contribution in [1.82, 2.24) is 19.2 Å². The van der Waals surface area contributed by atoms with Crippen LogP contribution in [0.3, 0.4) is 0 Å². The first-order chi connectivity index (χ1) is 19.8. The van der Waals surface area contributed by atoms with Gasteiger partial charge in [-0.15, -0.1) is 0 Å². The fourth-order valence-corrected chi connectivity index (χ4v) is 8.11. The Balaban J connectivity index is 1.40. The number of fused-ring (bicyclic) bond motifs is 4. The van der Waals surface area contributed by atoms with E-state index in [4.69, 9.17) is 4.74 Å². The molecule has 41 heavy (non-hydrogen) atoms. The standard InChI is InChI=1S/C31H34N4O5S/c1-21-5-8-24(9-6-21)41(38,39)35-20-31(11-14-34(15-12-31)28(37)16-22-4-3-13-32-18-22)29-25-10-7-23(40-2)17-26(25)33-30(29)27(35)19-36/h3-10,13,17-18,27,33,36H,11-12,14-16,19-20H2,1-2H3/t27-/m1/s1. The number of nitrogens with one attached hydrogen (secondary N) is 1.